The lowest BCUT2D eigenvalue weighted by Crippen LogP contribution is -2.30. The summed E-state index contributed by atoms with van der Waals surface area (Å²) in [5.74, 6) is 0.294. The molecule has 0 N–H and O–H groups in total. The molecule has 0 aromatic carbocycles. The van der Waals surface area contributed by atoms with Gasteiger partial charge in [0.05, 0.1) is 25.0 Å². The Balaban J connectivity index is 2.10. The molecule has 30 heavy (non-hydrogen) atoms. The molecule has 1 rings (SSSR count). The number of carbonyl (C=O) groups is 2. The average Bonchev–Trinajstić information content (AvgIpc) is 2.74. The van der Waals surface area contributed by atoms with Crippen LogP contribution in [0.4, 0.5) is 0 Å². The van der Waals surface area contributed by atoms with Crippen molar-refractivity contribution in [3.05, 3.63) is 0 Å². The van der Waals surface area contributed by atoms with Crippen molar-refractivity contribution in [1.29, 1.82) is 0 Å². The molecule has 4 nitrogen and oxygen atoms in total. The van der Waals surface area contributed by atoms with Crippen LogP contribution in [0.25, 0.3) is 0 Å². The van der Waals surface area contributed by atoms with Crippen LogP contribution in [0.3, 0.4) is 0 Å². The van der Waals surface area contributed by atoms with Crippen molar-refractivity contribution < 1.29 is 19.1 Å². The van der Waals surface area contributed by atoms with Gasteiger partial charge in [-0.05, 0) is 38.0 Å². The molecule has 1 aliphatic rings. The molecule has 1 aliphatic carbocycles. The molecule has 0 aromatic rings. The van der Waals surface area contributed by atoms with Crippen LogP contribution in [-0.2, 0) is 19.1 Å². The summed E-state index contributed by atoms with van der Waals surface area (Å²) in [6, 6.07) is 0. The van der Waals surface area contributed by atoms with E-state index >= 15 is 0 Å². The molecule has 0 saturated heterocycles. The highest BCUT2D eigenvalue weighted by atomic mass is 16.5. The van der Waals surface area contributed by atoms with Gasteiger partial charge < -0.3 is 9.47 Å². The molecule has 2 atom stereocenters. The third-order valence-corrected chi connectivity index (χ3v) is 6.25. The fraction of sp³-hybridized carbons (Fsp3) is 0.923. The first kappa shape index (κ1) is 27.0. The Morgan fingerprint density at radius 2 is 1.20 bits per heavy atom. The van der Waals surface area contributed by atoms with Gasteiger partial charge in [0.15, 0.2) is 0 Å². The molecule has 0 bridgehead atoms. The normalized spacial score (nSPS) is 19.1. The summed E-state index contributed by atoms with van der Waals surface area (Å²) in [5, 5.41) is 0. The van der Waals surface area contributed by atoms with E-state index in [0.717, 1.165) is 50.9 Å². The molecule has 0 spiro atoms. The van der Waals surface area contributed by atoms with Gasteiger partial charge in [-0.3, -0.25) is 9.59 Å². The Labute approximate surface area is 185 Å². The smallest absolute Gasteiger partial charge is 0.308 e. The van der Waals surface area contributed by atoms with Crippen molar-refractivity contribution in [3.63, 3.8) is 0 Å². The monoisotopic (exact) mass is 424 g/mol. The first-order chi connectivity index (χ1) is 14.5. The molecular formula is C26H48O4. The Hall–Kier alpha value is -1.06. The number of hydrogen-bond acceptors (Lipinski definition) is 4. The van der Waals surface area contributed by atoms with Gasteiger partial charge in [-0.2, -0.15) is 0 Å². The van der Waals surface area contributed by atoms with Gasteiger partial charge in [0.25, 0.3) is 0 Å². The zero-order chi connectivity index (χ0) is 22.0. The van der Waals surface area contributed by atoms with Crippen molar-refractivity contribution in [3.8, 4) is 0 Å². The lowest BCUT2D eigenvalue weighted by atomic mass is 9.81. The quantitative estimate of drug-likeness (QED) is 0.182. The first-order valence-corrected chi connectivity index (χ1v) is 12.9. The predicted molar refractivity (Wildman–Crippen MR) is 123 cm³/mol. The minimum atomic E-state index is -0.129. The van der Waals surface area contributed by atoms with Crippen LogP contribution >= 0.6 is 0 Å². The molecule has 0 heterocycles. The van der Waals surface area contributed by atoms with Crippen molar-refractivity contribution in [2.75, 3.05) is 13.2 Å². The van der Waals surface area contributed by atoms with Gasteiger partial charge in [0.2, 0.25) is 0 Å². The second kappa shape index (κ2) is 17.6. The van der Waals surface area contributed by atoms with Gasteiger partial charge in [0, 0.05) is 0 Å². The van der Waals surface area contributed by atoms with Gasteiger partial charge in [-0.1, -0.05) is 91.4 Å². The van der Waals surface area contributed by atoms with Crippen LogP contribution in [-0.4, -0.2) is 25.2 Å². The van der Waals surface area contributed by atoms with E-state index in [1.165, 1.54) is 51.4 Å². The largest absolute Gasteiger partial charge is 0.465 e. The molecule has 0 radical (unpaired) electrons. The molecule has 0 amide bonds. The molecule has 4 heteroatoms. The summed E-state index contributed by atoms with van der Waals surface area (Å²) in [6.07, 6.45) is 17.5. The molecule has 0 aromatic heterocycles. The maximum atomic E-state index is 12.4. The summed E-state index contributed by atoms with van der Waals surface area (Å²) < 4.78 is 11.0. The van der Waals surface area contributed by atoms with Crippen LogP contribution in [0.15, 0.2) is 0 Å². The highest BCUT2D eigenvalue weighted by Crippen LogP contribution is 2.31. The van der Waals surface area contributed by atoms with E-state index in [-0.39, 0.29) is 23.8 Å². The SMILES string of the molecule is CCCCCCCCCOC(=O)C1CCCC(C(=O)OCCCCCCC(C)C)C1. The molecule has 2 unspecified atom stereocenters. The third kappa shape index (κ3) is 13.3. The van der Waals surface area contributed by atoms with Crippen LogP contribution in [0, 0.1) is 17.8 Å². The number of unbranched alkanes of at least 4 members (excludes halogenated alkanes) is 9. The second-order valence-corrected chi connectivity index (χ2v) is 9.61. The summed E-state index contributed by atoms with van der Waals surface area (Å²) in [7, 11) is 0. The lowest BCUT2D eigenvalue weighted by molar-refractivity contribution is -0.155. The highest BCUT2D eigenvalue weighted by Gasteiger charge is 2.32. The first-order valence-electron chi connectivity index (χ1n) is 12.9. The summed E-state index contributed by atoms with van der Waals surface area (Å²) in [5.41, 5.74) is 0. The van der Waals surface area contributed by atoms with Gasteiger partial charge >= 0.3 is 11.9 Å². The van der Waals surface area contributed by atoms with E-state index in [9.17, 15) is 9.59 Å². The number of ether oxygens (including phenoxy) is 2. The Morgan fingerprint density at radius 3 is 1.70 bits per heavy atom. The number of hydrogen-bond donors (Lipinski definition) is 0. The minimum Gasteiger partial charge on any atom is -0.465 e. The van der Waals surface area contributed by atoms with Crippen molar-refractivity contribution in [2.24, 2.45) is 17.8 Å². The Morgan fingerprint density at radius 1 is 0.733 bits per heavy atom. The lowest BCUT2D eigenvalue weighted by Gasteiger charge is -2.26. The van der Waals surface area contributed by atoms with E-state index < -0.39 is 0 Å². The standard InChI is InChI=1S/C26H48O4/c1-4-5-6-7-8-10-13-19-29-25(27)23-17-15-18-24(21-23)26(28)30-20-14-11-9-12-16-22(2)3/h22-24H,4-21H2,1-3H3. The maximum Gasteiger partial charge on any atom is 0.308 e. The molecule has 176 valence electrons. The number of carbonyl (C=O) groups excluding carboxylic acids is 2. The highest BCUT2D eigenvalue weighted by molar-refractivity contribution is 5.76. The van der Waals surface area contributed by atoms with Crippen LogP contribution < -0.4 is 0 Å². The molecule has 0 aliphatic heterocycles. The van der Waals surface area contributed by atoms with E-state index in [2.05, 4.69) is 20.8 Å². The molecule has 1 fully saturated rings. The number of rotatable bonds is 17. The van der Waals surface area contributed by atoms with Gasteiger partial charge in [0.1, 0.15) is 0 Å². The summed E-state index contributed by atoms with van der Waals surface area (Å²) >= 11 is 0. The van der Waals surface area contributed by atoms with Crippen LogP contribution in [0.1, 0.15) is 124 Å². The Bertz CT molecular complexity index is 446. The van der Waals surface area contributed by atoms with E-state index in [1.54, 1.807) is 0 Å². The third-order valence-electron chi connectivity index (χ3n) is 6.25. The number of esters is 2. The van der Waals surface area contributed by atoms with Gasteiger partial charge in [-0.25, -0.2) is 0 Å². The predicted octanol–water partition coefficient (Wildman–Crippen LogP) is 7.24. The van der Waals surface area contributed by atoms with Crippen molar-refractivity contribution in [2.45, 2.75) is 124 Å². The molecule has 1 saturated carbocycles. The molecular weight excluding hydrogens is 376 g/mol. The zero-order valence-electron chi connectivity index (χ0n) is 20.1. The van der Waals surface area contributed by atoms with E-state index in [0.29, 0.717) is 19.6 Å². The topological polar surface area (TPSA) is 52.6 Å². The van der Waals surface area contributed by atoms with Crippen LogP contribution in [0.2, 0.25) is 0 Å². The van der Waals surface area contributed by atoms with Crippen molar-refractivity contribution in [1.82, 2.24) is 0 Å². The minimum absolute atomic E-state index is 0.108. The summed E-state index contributed by atoms with van der Waals surface area (Å²) in [4.78, 5) is 24.8. The van der Waals surface area contributed by atoms with E-state index in [4.69, 9.17) is 9.47 Å². The van der Waals surface area contributed by atoms with E-state index in [1.807, 2.05) is 0 Å². The fourth-order valence-corrected chi connectivity index (χ4v) is 4.27. The Kier molecular flexibility index (Phi) is 15.8. The summed E-state index contributed by atoms with van der Waals surface area (Å²) in [6.45, 7) is 7.78. The van der Waals surface area contributed by atoms with Gasteiger partial charge in [-0.15, -0.1) is 0 Å². The maximum absolute atomic E-state index is 12.4. The van der Waals surface area contributed by atoms with Crippen molar-refractivity contribution >= 4 is 11.9 Å². The fourth-order valence-electron chi connectivity index (χ4n) is 4.27. The second-order valence-electron chi connectivity index (χ2n) is 9.61. The van der Waals surface area contributed by atoms with Crippen LogP contribution in [0.5, 0.6) is 0 Å². The average molecular weight is 425 g/mol. The zero-order valence-corrected chi connectivity index (χ0v) is 20.1.